The summed E-state index contributed by atoms with van der Waals surface area (Å²) in [6.07, 6.45) is 10.1. The molecule has 4 nitrogen and oxygen atoms in total. The van der Waals surface area contributed by atoms with Crippen LogP contribution in [0.25, 0.3) is 22.0 Å². The summed E-state index contributed by atoms with van der Waals surface area (Å²) in [4.78, 5) is 0. The Kier molecular flexibility index (Phi) is 7.53. The zero-order chi connectivity index (χ0) is 29.9. The monoisotopic (exact) mass is 556 g/mol. The molecule has 3 aromatic rings. The van der Waals surface area contributed by atoms with Gasteiger partial charge in [0.25, 0.3) is 0 Å². The molecule has 0 saturated carbocycles. The number of pyridine rings is 1. The lowest BCUT2D eigenvalue weighted by Gasteiger charge is -2.51. The Labute approximate surface area is 246 Å². The molecule has 1 aliphatic carbocycles. The van der Waals surface area contributed by atoms with E-state index in [1.54, 1.807) is 17.3 Å². The smallest absolute Gasteiger partial charge is 0.221 e. The van der Waals surface area contributed by atoms with Crippen LogP contribution in [0.4, 0.5) is 4.39 Å². The summed E-state index contributed by atoms with van der Waals surface area (Å²) >= 11 is 0. The number of rotatable bonds is 11. The molecule has 5 heteroatoms. The normalized spacial score (nSPS) is 22.7. The van der Waals surface area contributed by atoms with E-state index >= 15 is 4.39 Å². The number of nitrogens with zero attached hydrogens (tertiary/aromatic N) is 3. The molecule has 1 aromatic heterocycles. The lowest BCUT2D eigenvalue weighted by atomic mass is 9.55. The van der Waals surface area contributed by atoms with Crippen molar-refractivity contribution in [3.63, 3.8) is 0 Å². The largest absolute Gasteiger partial charge is 0.269 e. The van der Waals surface area contributed by atoms with Crippen LogP contribution in [0.2, 0.25) is 0 Å². The van der Waals surface area contributed by atoms with Crippen LogP contribution in [-0.4, -0.2) is 35.9 Å². The second kappa shape index (κ2) is 10.4. The summed E-state index contributed by atoms with van der Waals surface area (Å²) in [5.41, 5.74) is 5.93. The molecule has 2 aliphatic rings. The molecule has 0 amide bonds. The van der Waals surface area contributed by atoms with Gasteiger partial charge in [0.05, 0.1) is 29.3 Å². The first kappa shape index (κ1) is 29.6. The number of likely N-dealkylation sites (N-methyl/N-ethyl adjacent to an activating group) is 1. The van der Waals surface area contributed by atoms with Gasteiger partial charge >= 0.3 is 0 Å². The lowest BCUT2D eigenvalue weighted by molar-refractivity contribution is -0.773. The minimum absolute atomic E-state index is 0.0427. The summed E-state index contributed by atoms with van der Waals surface area (Å²) in [6, 6.07) is 10.9. The van der Waals surface area contributed by atoms with Gasteiger partial charge in [-0.1, -0.05) is 59.2 Å². The SMILES string of the molecule is C=C[N+](=C)C(CN(C)N)CC1(CC)[n+]2ccc3cc(CCCC)cc4c3c2-c2c(ccc(F)c2C4(C)C)C1(C)CC. The van der Waals surface area contributed by atoms with E-state index in [-0.39, 0.29) is 22.8 Å². The fraction of sp³-hybridized carbons (Fsp3) is 0.500. The third-order valence-electron chi connectivity index (χ3n) is 10.8. The van der Waals surface area contributed by atoms with Crippen LogP contribution in [0, 0.1) is 5.82 Å². The quantitative estimate of drug-likeness (QED) is 0.118. The third kappa shape index (κ3) is 4.14. The van der Waals surface area contributed by atoms with Crippen molar-refractivity contribution in [3.05, 3.63) is 77.4 Å². The van der Waals surface area contributed by atoms with Crippen LogP contribution < -0.4 is 10.4 Å². The maximum Gasteiger partial charge on any atom is 0.221 e. The van der Waals surface area contributed by atoms with E-state index in [4.69, 9.17) is 5.84 Å². The van der Waals surface area contributed by atoms with Crippen LogP contribution in [0.3, 0.4) is 0 Å². The Morgan fingerprint density at radius 1 is 1.10 bits per heavy atom. The molecule has 0 fully saturated rings. The number of hydrogen-bond donors (Lipinski definition) is 1. The van der Waals surface area contributed by atoms with E-state index in [0.29, 0.717) is 6.54 Å². The Bertz CT molecular complexity index is 1540. The first-order chi connectivity index (χ1) is 19.4. The predicted octanol–water partition coefficient (Wildman–Crippen LogP) is 7.12. The first-order valence-electron chi connectivity index (χ1n) is 15.4. The topological polar surface area (TPSA) is 36.1 Å². The number of unbranched alkanes of at least 4 members (excludes halogenated alkanes) is 1. The standard InChI is InChI=1S/C36H49FN4/c1-10-14-15-24-20-25-18-19-41-33-30(25)28(21-24)34(5,6)32-29(37)17-16-27(31(32)33)35(7,11-2)36(41,12-3)22-26(23-40(9)38)39(8)13-4/h13,16-21,26H,4,8,10-12,14-15,22-23,38H2,1-3,5-7,9H3/q+2. The second-order valence-electron chi connectivity index (χ2n) is 13.3. The molecular formula is C36H49FN4+2. The van der Waals surface area contributed by atoms with E-state index < -0.39 is 5.41 Å². The van der Waals surface area contributed by atoms with Gasteiger partial charge in [-0.25, -0.2) is 14.0 Å². The number of aryl methyl sites for hydroxylation is 1. The molecular weight excluding hydrogens is 507 g/mol. The highest BCUT2D eigenvalue weighted by molar-refractivity contribution is 6.01. The number of halogens is 1. The van der Waals surface area contributed by atoms with Gasteiger partial charge in [0, 0.05) is 30.5 Å². The molecule has 2 heterocycles. The van der Waals surface area contributed by atoms with Gasteiger partial charge in [-0.3, -0.25) is 5.84 Å². The van der Waals surface area contributed by atoms with Crippen molar-refractivity contribution in [2.75, 3.05) is 13.6 Å². The zero-order valence-electron chi connectivity index (χ0n) is 26.3. The van der Waals surface area contributed by atoms with E-state index in [9.17, 15) is 0 Å². The van der Waals surface area contributed by atoms with Crippen LogP contribution in [-0.2, 0) is 22.8 Å². The number of nitrogens with two attached hydrogens (primary N) is 1. The molecule has 0 bridgehead atoms. The molecule has 41 heavy (non-hydrogen) atoms. The molecule has 5 rings (SSSR count). The van der Waals surface area contributed by atoms with E-state index in [1.165, 1.54) is 33.2 Å². The van der Waals surface area contributed by atoms with Crippen molar-refractivity contribution in [1.82, 2.24) is 5.01 Å². The number of hydrogen-bond acceptors (Lipinski definition) is 2. The summed E-state index contributed by atoms with van der Waals surface area (Å²) in [7, 11) is 1.91. The maximum absolute atomic E-state index is 16.2. The van der Waals surface area contributed by atoms with Crippen LogP contribution in [0.15, 0.2) is 49.3 Å². The molecule has 218 valence electrons. The van der Waals surface area contributed by atoms with Crippen molar-refractivity contribution in [2.24, 2.45) is 5.84 Å². The number of hydrazine groups is 1. The summed E-state index contributed by atoms with van der Waals surface area (Å²) in [6.45, 7) is 22.7. The van der Waals surface area contributed by atoms with Crippen LogP contribution in [0.1, 0.15) is 95.9 Å². The van der Waals surface area contributed by atoms with Crippen molar-refractivity contribution >= 4 is 17.5 Å². The second-order valence-corrected chi connectivity index (χ2v) is 13.3. The van der Waals surface area contributed by atoms with Crippen molar-refractivity contribution in [1.29, 1.82) is 0 Å². The minimum atomic E-state index is -0.458. The molecule has 0 radical (unpaired) electrons. The maximum atomic E-state index is 16.2. The van der Waals surface area contributed by atoms with Gasteiger partial charge in [0.2, 0.25) is 5.69 Å². The summed E-state index contributed by atoms with van der Waals surface area (Å²) in [5.74, 6) is 6.13. The van der Waals surface area contributed by atoms with Crippen LogP contribution in [0.5, 0.6) is 0 Å². The van der Waals surface area contributed by atoms with E-state index in [1.807, 2.05) is 11.6 Å². The van der Waals surface area contributed by atoms with Gasteiger partial charge in [0.15, 0.2) is 24.0 Å². The highest BCUT2D eigenvalue weighted by atomic mass is 19.1. The average molecular weight is 557 g/mol. The van der Waals surface area contributed by atoms with Crippen molar-refractivity contribution in [3.8, 4) is 11.3 Å². The fourth-order valence-electron chi connectivity index (χ4n) is 8.34. The highest BCUT2D eigenvalue weighted by Crippen LogP contribution is 2.58. The van der Waals surface area contributed by atoms with E-state index in [2.05, 4.69) is 89.9 Å². The number of aromatic nitrogens is 1. The molecule has 2 N–H and O–H groups in total. The van der Waals surface area contributed by atoms with Gasteiger partial charge in [-0.15, -0.1) is 0 Å². The lowest BCUT2D eigenvalue weighted by Crippen LogP contribution is -2.71. The first-order valence-corrected chi connectivity index (χ1v) is 15.4. The van der Waals surface area contributed by atoms with Crippen molar-refractivity contribution < 1.29 is 13.5 Å². The highest BCUT2D eigenvalue weighted by Gasteiger charge is 2.63. The Hall–Kier alpha value is -2.89. The van der Waals surface area contributed by atoms with Gasteiger partial charge in [-0.05, 0) is 60.9 Å². The van der Waals surface area contributed by atoms with Gasteiger partial charge in [0.1, 0.15) is 12.5 Å². The molecule has 0 saturated heterocycles. The fourth-order valence-corrected chi connectivity index (χ4v) is 8.34. The predicted molar refractivity (Wildman–Crippen MR) is 169 cm³/mol. The van der Waals surface area contributed by atoms with Crippen LogP contribution >= 0.6 is 0 Å². The Morgan fingerprint density at radius 2 is 1.83 bits per heavy atom. The van der Waals surface area contributed by atoms with Crippen molar-refractivity contribution in [2.45, 2.75) is 102 Å². The summed E-state index contributed by atoms with van der Waals surface area (Å²) < 4.78 is 20.7. The summed E-state index contributed by atoms with van der Waals surface area (Å²) in [5, 5.41) is 4.27. The molecule has 3 atom stereocenters. The molecule has 0 spiro atoms. The minimum Gasteiger partial charge on any atom is -0.269 e. The van der Waals surface area contributed by atoms with E-state index in [0.717, 1.165) is 49.7 Å². The molecule has 3 unspecified atom stereocenters. The Balaban J connectivity index is 1.92. The Morgan fingerprint density at radius 3 is 2.44 bits per heavy atom. The third-order valence-corrected chi connectivity index (χ3v) is 10.8. The molecule has 2 aromatic carbocycles. The number of benzene rings is 2. The average Bonchev–Trinajstić information content (AvgIpc) is 2.95. The van der Waals surface area contributed by atoms with Gasteiger partial charge < -0.3 is 0 Å². The van der Waals surface area contributed by atoms with Gasteiger partial charge in [-0.2, -0.15) is 4.57 Å². The molecule has 1 aliphatic heterocycles. The zero-order valence-corrected chi connectivity index (χ0v) is 26.3.